The Balaban J connectivity index is 2.13. The van der Waals surface area contributed by atoms with Crippen molar-refractivity contribution >= 4 is 17.3 Å². The third-order valence-electron chi connectivity index (χ3n) is 3.40. The highest BCUT2D eigenvalue weighted by Crippen LogP contribution is 2.27. The Bertz CT molecular complexity index is 435. The van der Waals surface area contributed by atoms with Crippen LogP contribution in [0.15, 0.2) is 18.2 Å². The lowest BCUT2D eigenvalue weighted by Gasteiger charge is -2.22. The molecular weight excluding hydrogens is 251 g/mol. The van der Waals surface area contributed by atoms with Crippen molar-refractivity contribution in [2.24, 2.45) is 5.92 Å². The lowest BCUT2D eigenvalue weighted by molar-refractivity contribution is 0.514. The number of nitrogens with one attached hydrogen (secondary N) is 1. The number of anilines is 1. The third kappa shape index (κ3) is 3.36. The Kier molecular flexibility index (Phi) is 4.43. The molecule has 1 saturated carbocycles. The second kappa shape index (κ2) is 6.06. The van der Waals surface area contributed by atoms with E-state index >= 15 is 0 Å². The molecule has 0 heterocycles. The molecule has 1 aliphatic carbocycles. The summed E-state index contributed by atoms with van der Waals surface area (Å²) in [6.45, 7) is 0. The molecule has 0 radical (unpaired) electrons. The zero-order valence-corrected chi connectivity index (χ0v) is 10.9. The summed E-state index contributed by atoms with van der Waals surface area (Å²) in [6, 6.07) is 6.85. The van der Waals surface area contributed by atoms with E-state index in [0.29, 0.717) is 10.7 Å². The van der Waals surface area contributed by atoms with Gasteiger partial charge in [-0.05, 0) is 31.0 Å². The molecule has 18 heavy (non-hydrogen) atoms. The zero-order chi connectivity index (χ0) is 13.0. The van der Waals surface area contributed by atoms with E-state index < -0.39 is 0 Å². The summed E-state index contributed by atoms with van der Waals surface area (Å²) in [4.78, 5) is 0. The van der Waals surface area contributed by atoms with Gasteiger partial charge in [0.05, 0.1) is 12.0 Å². The molecule has 0 bridgehead atoms. The van der Waals surface area contributed by atoms with Gasteiger partial charge in [-0.25, -0.2) is 4.39 Å². The molecule has 1 aromatic carbocycles. The first-order valence-electron chi connectivity index (χ1n) is 6.31. The number of hydrogen-bond acceptors (Lipinski definition) is 2. The zero-order valence-electron chi connectivity index (χ0n) is 10.1. The molecule has 1 fully saturated rings. The molecule has 1 aromatic rings. The van der Waals surface area contributed by atoms with Gasteiger partial charge in [-0.3, -0.25) is 0 Å². The van der Waals surface area contributed by atoms with Crippen molar-refractivity contribution in [2.45, 2.75) is 38.1 Å². The summed E-state index contributed by atoms with van der Waals surface area (Å²) in [5.41, 5.74) is 0.659. The molecule has 0 aliphatic heterocycles. The van der Waals surface area contributed by atoms with E-state index in [0.717, 1.165) is 25.7 Å². The van der Waals surface area contributed by atoms with Crippen LogP contribution in [0, 0.1) is 23.1 Å². The molecule has 0 amide bonds. The Morgan fingerprint density at radius 3 is 2.72 bits per heavy atom. The van der Waals surface area contributed by atoms with Gasteiger partial charge >= 0.3 is 0 Å². The van der Waals surface area contributed by atoms with Crippen LogP contribution in [-0.4, -0.2) is 6.04 Å². The monoisotopic (exact) mass is 266 g/mol. The maximum absolute atomic E-state index is 13.3. The fourth-order valence-corrected chi connectivity index (χ4v) is 2.71. The standard InChI is InChI=1S/C14H16ClFN2/c15-11-6-12(16)8-13(7-11)18-14-5-3-1-2-4-10(14)9-17/h6-8,10,14,18H,1-5H2. The lowest BCUT2D eigenvalue weighted by Crippen LogP contribution is -2.27. The molecular formula is C14H16ClFN2. The molecule has 0 spiro atoms. The van der Waals surface area contributed by atoms with Crippen LogP contribution in [0.5, 0.6) is 0 Å². The van der Waals surface area contributed by atoms with Crippen LogP contribution in [0.1, 0.15) is 32.1 Å². The van der Waals surface area contributed by atoms with Crippen molar-refractivity contribution in [3.05, 3.63) is 29.0 Å². The van der Waals surface area contributed by atoms with Crippen molar-refractivity contribution in [3.63, 3.8) is 0 Å². The molecule has 2 nitrogen and oxygen atoms in total. The first-order chi connectivity index (χ1) is 8.69. The molecule has 2 rings (SSSR count). The Labute approximate surface area is 112 Å². The number of nitrogens with zero attached hydrogens (tertiary/aromatic N) is 1. The summed E-state index contributed by atoms with van der Waals surface area (Å²) in [6.07, 6.45) is 5.24. The van der Waals surface area contributed by atoms with Gasteiger partial charge in [0.2, 0.25) is 0 Å². The van der Waals surface area contributed by atoms with E-state index in [2.05, 4.69) is 11.4 Å². The average Bonchev–Trinajstić information content (AvgIpc) is 2.52. The molecule has 0 saturated heterocycles. The highest BCUT2D eigenvalue weighted by molar-refractivity contribution is 6.30. The van der Waals surface area contributed by atoms with Crippen LogP contribution in [-0.2, 0) is 0 Å². The highest BCUT2D eigenvalue weighted by atomic mass is 35.5. The van der Waals surface area contributed by atoms with E-state index in [1.807, 2.05) is 0 Å². The molecule has 96 valence electrons. The lowest BCUT2D eigenvalue weighted by atomic mass is 9.96. The normalized spacial score (nSPS) is 24.1. The minimum Gasteiger partial charge on any atom is -0.381 e. The first kappa shape index (κ1) is 13.2. The van der Waals surface area contributed by atoms with Crippen molar-refractivity contribution in [1.29, 1.82) is 5.26 Å². The van der Waals surface area contributed by atoms with Crippen molar-refractivity contribution in [1.82, 2.24) is 0 Å². The summed E-state index contributed by atoms with van der Waals surface area (Å²) >= 11 is 5.83. The summed E-state index contributed by atoms with van der Waals surface area (Å²) in [7, 11) is 0. The first-order valence-corrected chi connectivity index (χ1v) is 6.69. The summed E-state index contributed by atoms with van der Waals surface area (Å²) < 4.78 is 13.3. The van der Waals surface area contributed by atoms with Gasteiger partial charge < -0.3 is 5.32 Å². The van der Waals surface area contributed by atoms with E-state index in [1.54, 1.807) is 6.07 Å². The predicted molar refractivity (Wildman–Crippen MR) is 71.0 cm³/mol. The van der Waals surface area contributed by atoms with Gasteiger partial charge in [0.1, 0.15) is 5.82 Å². The van der Waals surface area contributed by atoms with Crippen LogP contribution in [0.2, 0.25) is 5.02 Å². The van der Waals surface area contributed by atoms with Gasteiger partial charge in [0.15, 0.2) is 0 Å². The SMILES string of the molecule is N#CC1CCCCCC1Nc1cc(F)cc(Cl)c1. The van der Waals surface area contributed by atoms with Gasteiger partial charge in [-0.15, -0.1) is 0 Å². The van der Waals surface area contributed by atoms with Crippen molar-refractivity contribution < 1.29 is 4.39 Å². The minimum atomic E-state index is -0.355. The quantitative estimate of drug-likeness (QED) is 0.807. The second-order valence-corrected chi connectivity index (χ2v) is 5.22. The molecule has 1 aliphatic rings. The molecule has 0 aromatic heterocycles. The topological polar surface area (TPSA) is 35.8 Å². The maximum atomic E-state index is 13.3. The van der Waals surface area contributed by atoms with Crippen molar-refractivity contribution in [3.8, 4) is 6.07 Å². The third-order valence-corrected chi connectivity index (χ3v) is 3.61. The number of benzene rings is 1. The van der Waals surface area contributed by atoms with Crippen LogP contribution in [0.3, 0.4) is 0 Å². The van der Waals surface area contributed by atoms with Crippen LogP contribution in [0.4, 0.5) is 10.1 Å². The molecule has 2 unspecified atom stereocenters. The van der Waals surface area contributed by atoms with Crippen LogP contribution in [0.25, 0.3) is 0 Å². The van der Waals surface area contributed by atoms with E-state index in [4.69, 9.17) is 11.6 Å². The van der Waals surface area contributed by atoms with Crippen molar-refractivity contribution in [2.75, 3.05) is 5.32 Å². The number of hydrogen-bond donors (Lipinski definition) is 1. The molecule has 4 heteroatoms. The number of rotatable bonds is 2. The van der Waals surface area contributed by atoms with E-state index in [-0.39, 0.29) is 17.8 Å². The summed E-state index contributed by atoms with van der Waals surface area (Å²) in [5, 5.41) is 12.8. The number of halogens is 2. The van der Waals surface area contributed by atoms with E-state index in [9.17, 15) is 9.65 Å². The fraction of sp³-hybridized carbons (Fsp3) is 0.500. The summed E-state index contributed by atoms with van der Waals surface area (Å²) in [5.74, 6) is -0.360. The largest absolute Gasteiger partial charge is 0.381 e. The van der Waals surface area contributed by atoms with Gasteiger partial charge in [-0.1, -0.05) is 30.9 Å². The minimum absolute atomic E-state index is 0.00505. The smallest absolute Gasteiger partial charge is 0.126 e. The van der Waals surface area contributed by atoms with Crippen LogP contribution >= 0.6 is 11.6 Å². The predicted octanol–water partition coefficient (Wildman–Crippen LogP) is 4.36. The Hall–Kier alpha value is -1.27. The molecule has 1 N–H and O–H groups in total. The Morgan fingerprint density at radius 2 is 2.00 bits per heavy atom. The van der Waals surface area contributed by atoms with Gasteiger partial charge in [-0.2, -0.15) is 5.26 Å². The Morgan fingerprint density at radius 1 is 1.22 bits per heavy atom. The maximum Gasteiger partial charge on any atom is 0.126 e. The number of nitriles is 1. The molecule has 2 atom stereocenters. The van der Waals surface area contributed by atoms with Crippen LogP contribution < -0.4 is 5.32 Å². The second-order valence-electron chi connectivity index (χ2n) is 4.78. The highest BCUT2D eigenvalue weighted by Gasteiger charge is 2.23. The average molecular weight is 267 g/mol. The fourth-order valence-electron chi connectivity index (χ4n) is 2.49. The van der Waals surface area contributed by atoms with Gasteiger partial charge in [0.25, 0.3) is 0 Å². The van der Waals surface area contributed by atoms with Gasteiger partial charge in [0, 0.05) is 16.8 Å². The van der Waals surface area contributed by atoms with E-state index in [1.165, 1.54) is 18.6 Å².